The summed E-state index contributed by atoms with van der Waals surface area (Å²) in [7, 11) is -3.52. The number of rotatable bonds is 6. The zero-order valence-corrected chi connectivity index (χ0v) is 19.1. The van der Waals surface area contributed by atoms with Gasteiger partial charge in [0.25, 0.3) is 5.91 Å². The molecule has 2 aliphatic rings. The van der Waals surface area contributed by atoms with Crippen LogP contribution in [0.3, 0.4) is 0 Å². The van der Waals surface area contributed by atoms with Gasteiger partial charge in [-0.15, -0.1) is 0 Å². The van der Waals surface area contributed by atoms with E-state index in [1.54, 1.807) is 12.1 Å². The predicted octanol–water partition coefficient (Wildman–Crippen LogP) is 3.54. The molecule has 0 radical (unpaired) electrons. The van der Waals surface area contributed by atoms with Crippen LogP contribution in [-0.2, 0) is 14.6 Å². The van der Waals surface area contributed by atoms with Crippen LogP contribution < -0.4 is 5.73 Å². The fourth-order valence-corrected chi connectivity index (χ4v) is 5.78. The van der Waals surface area contributed by atoms with Crippen LogP contribution in [0.15, 0.2) is 47.4 Å². The minimum absolute atomic E-state index is 0.00827. The van der Waals surface area contributed by atoms with E-state index in [1.165, 1.54) is 35.2 Å². The topological polar surface area (TPSA) is 97.5 Å². The zero-order valence-electron chi connectivity index (χ0n) is 17.6. The molecule has 2 aromatic carbocycles. The predicted molar refractivity (Wildman–Crippen MR) is 119 cm³/mol. The van der Waals surface area contributed by atoms with Crippen LogP contribution in [0, 0.1) is 11.7 Å². The average Bonchev–Trinajstić information content (AvgIpc) is 3.46. The summed E-state index contributed by atoms with van der Waals surface area (Å²) in [5.74, 6) is -2.31. The summed E-state index contributed by atoms with van der Waals surface area (Å²) < 4.78 is 38.9. The maximum Gasteiger partial charge on any atom is 0.254 e. The Kier molecular flexibility index (Phi) is 5.79. The molecule has 9 heteroatoms. The molecule has 2 N–H and O–H groups in total. The van der Waals surface area contributed by atoms with Crippen LogP contribution in [0.4, 0.5) is 4.39 Å². The zero-order chi connectivity index (χ0) is 23.3. The largest absolute Gasteiger partial charge is 0.368 e. The molecule has 2 atom stereocenters. The number of carbonyl (C=O) groups excluding carboxylic acids is 2. The Hall–Kier alpha value is -2.45. The van der Waals surface area contributed by atoms with Gasteiger partial charge in [-0.05, 0) is 67.5 Å². The maximum absolute atomic E-state index is 15.0. The summed E-state index contributed by atoms with van der Waals surface area (Å²) >= 11 is 5.94. The number of hydrogen-bond acceptors (Lipinski definition) is 4. The molecule has 32 heavy (non-hydrogen) atoms. The summed E-state index contributed by atoms with van der Waals surface area (Å²) in [6.45, 7) is 0.267. The van der Waals surface area contributed by atoms with Gasteiger partial charge in [-0.1, -0.05) is 23.7 Å². The van der Waals surface area contributed by atoms with Crippen molar-refractivity contribution in [3.63, 3.8) is 0 Å². The number of hydrogen-bond donors (Lipinski definition) is 1. The molecule has 2 amide bonds. The number of primary amides is 1. The summed E-state index contributed by atoms with van der Waals surface area (Å²) in [5.41, 5.74) is 5.00. The van der Waals surface area contributed by atoms with Crippen LogP contribution in [0.5, 0.6) is 0 Å². The minimum atomic E-state index is -3.52. The molecule has 2 fully saturated rings. The van der Waals surface area contributed by atoms with Crippen molar-refractivity contribution in [2.75, 3.05) is 12.8 Å². The first-order valence-corrected chi connectivity index (χ1v) is 12.7. The monoisotopic (exact) mass is 478 g/mol. The molecule has 1 aliphatic carbocycles. The molecule has 1 saturated heterocycles. The molecule has 0 bridgehead atoms. The highest BCUT2D eigenvalue weighted by molar-refractivity contribution is 7.90. The molecular weight excluding hydrogens is 455 g/mol. The highest BCUT2D eigenvalue weighted by atomic mass is 35.5. The lowest BCUT2D eigenvalue weighted by Gasteiger charge is -2.42. The first-order valence-electron chi connectivity index (χ1n) is 10.4. The Bertz CT molecular complexity index is 1200. The van der Waals surface area contributed by atoms with Gasteiger partial charge in [0.2, 0.25) is 5.91 Å². The molecule has 0 spiro atoms. The third-order valence-electron chi connectivity index (χ3n) is 6.51. The van der Waals surface area contributed by atoms with E-state index in [0.717, 1.165) is 19.1 Å². The molecular formula is C23H24ClFN2O4S. The van der Waals surface area contributed by atoms with E-state index < -0.39 is 38.9 Å². The van der Waals surface area contributed by atoms with Crippen LogP contribution in [-0.4, -0.2) is 43.5 Å². The first kappa shape index (κ1) is 22.7. The number of benzene rings is 2. The summed E-state index contributed by atoms with van der Waals surface area (Å²) in [5, 5.41) is 0.242. The smallest absolute Gasteiger partial charge is 0.254 e. The number of amides is 2. The normalized spacial score (nSPS) is 22.0. The van der Waals surface area contributed by atoms with E-state index in [4.69, 9.17) is 17.3 Å². The number of halogens is 2. The van der Waals surface area contributed by atoms with Gasteiger partial charge in [-0.2, -0.15) is 0 Å². The second-order valence-corrected chi connectivity index (χ2v) is 11.1. The maximum atomic E-state index is 15.0. The van der Waals surface area contributed by atoms with Gasteiger partial charge in [0.05, 0.1) is 4.90 Å². The van der Waals surface area contributed by atoms with E-state index in [9.17, 15) is 18.0 Å². The molecule has 0 aromatic heterocycles. The van der Waals surface area contributed by atoms with Crippen molar-refractivity contribution in [3.8, 4) is 0 Å². The lowest BCUT2D eigenvalue weighted by atomic mass is 9.73. The first-order chi connectivity index (χ1) is 15.1. The van der Waals surface area contributed by atoms with Gasteiger partial charge in [0.15, 0.2) is 9.84 Å². The fraction of sp³-hybridized carbons (Fsp3) is 0.391. The SMILES string of the molecule is CS(=O)(=O)c1cccc(C(=O)N2CCC[C@@]2(C(N)=O)[C@@H](c2ccc(Cl)cc2F)C2CC2)c1. The Morgan fingerprint density at radius 3 is 2.53 bits per heavy atom. The Labute approximate surface area is 191 Å². The van der Waals surface area contributed by atoms with E-state index in [1.807, 2.05) is 0 Å². The molecule has 0 unspecified atom stereocenters. The second kappa shape index (κ2) is 8.15. The Morgan fingerprint density at radius 2 is 1.94 bits per heavy atom. The molecule has 1 aliphatic heterocycles. The van der Waals surface area contributed by atoms with Gasteiger partial charge >= 0.3 is 0 Å². The third-order valence-corrected chi connectivity index (χ3v) is 7.85. The van der Waals surface area contributed by atoms with Crippen molar-refractivity contribution >= 4 is 33.3 Å². The van der Waals surface area contributed by atoms with Crippen molar-refractivity contribution in [1.29, 1.82) is 0 Å². The van der Waals surface area contributed by atoms with Crippen molar-refractivity contribution in [2.24, 2.45) is 11.7 Å². The number of sulfone groups is 1. The molecule has 4 rings (SSSR count). The average molecular weight is 479 g/mol. The van der Waals surface area contributed by atoms with E-state index in [-0.39, 0.29) is 27.9 Å². The van der Waals surface area contributed by atoms with Crippen molar-refractivity contribution < 1.29 is 22.4 Å². The Morgan fingerprint density at radius 1 is 1.22 bits per heavy atom. The molecule has 2 aromatic rings. The number of nitrogens with zero attached hydrogens (tertiary/aromatic N) is 1. The van der Waals surface area contributed by atoms with Crippen molar-refractivity contribution in [2.45, 2.75) is 42.0 Å². The van der Waals surface area contributed by atoms with Gasteiger partial charge in [0, 0.05) is 29.3 Å². The third kappa shape index (κ3) is 3.90. The molecule has 1 saturated carbocycles. The molecule has 6 nitrogen and oxygen atoms in total. The number of nitrogens with two attached hydrogens (primary N) is 1. The molecule has 1 heterocycles. The van der Waals surface area contributed by atoms with Crippen LogP contribution >= 0.6 is 11.6 Å². The fourth-order valence-electron chi connectivity index (χ4n) is 4.96. The van der Waals surface area contributed by atoms with Gasteiger partial charge < -0.3 is 10.6 Å². The standard InChI is InChI=1S/C23H24ClFN2O4S/c1-32(30,31)17-5-2-4-15(12-17)21(28)27-11-3-10-23(27,22(26)29)20(14-6-7-14)18-9-8-16(24)13-19(18)25/h2,4-5,8-9,12-14,20H,3,6-7,10-11H2,1H3,(H2,26,29)/t20-,23+/m1/s1. The van der Waals surface area contributed by atoms with E-state index >= 15 is 4.39 Å². The van der Waals surface area contributed by atoms with Crippen LogP contribution in [0.1, 0.15) is 47.5 Å². The van der Waals surface area contributed by atoms with Gasteiger partial charge in [-0.25, -0.2) is 12.8 Å². The highest BCUT2D eigenvalue weighted by Gasteiger charge is 2.58. The van der Waals surface area contributed by atoms with Gasteiger partial charge in [0.1, 0.15) is 11.4 Å². The van der Waals surface area contributed by atoms with Crippen LogP contribution in [0.2, 0.25) is 5.02 Å². The lowest BCUT2D eigenvalue weighted by Crippen LogP contribution is -2.60. The molecule has 170 valence electrons. The van der Waals surface area contributed by atoms with Crippen molar-refractivity contribution in [1.82, 2.24) is 4.90 Å². The second-order valence-electron chi connectivity index (χ2n) is 8.63. The van der Waals surface area contributed by atoms with E-state index in [0.29, 0.717) is 18.4 Å². The van der Waals surface area contributed by atoms with Gasteiger partial charge in [-0.3, -0.25) is 9.59 Å². The quantitative estimate of drug-likeness (QED) is 0.686. The van der Waals surface area contributed by atoms with Crippen LogP contribution in [0.25, 0.3) is 0 Å². The summed E-state index contributed by atoms with van der Waals surface area (Å²) in [4.78, 5) is 28.0. The number of carbonyl (C=O) groups is 2. The summed E-state index contributed by atoms with van der Waals surface area (Å²) in [6.07, 6.45) is 3.50. The minimum Gasteiger partial charge on any atom is -0.368 e. The lowest BCUT2D eigenvalue weighted by molar-refractivity contribution is -0.129. The van der Waals surface area contributed by atoms with E-state index in [2.05, 4.69) is 0 Å². The summed E-state index contributed by atoms with van der Waals surface area (Å²) in [6, 6.07) is 10.1. The highest BCUT2D eigenvalue weighted by Crippen LogP contribution is 2.54. The van der Waals surface area contributed by atoms with Crippen molar-refractivity contribution in [3.05, 3.63) is 64.4 Å². The number of likely N-dealkylation sites (tertiary alicyclic amines) is 1. The Balaban J connectivity index is 1.82.